The lowest BCUT2D eigenvalue weighted by atomic mass is 10.0. The van der Waals surface area contributed by atoms with Crippen LogP contribution in [0.3, 0.4) is 0 Å². The molecule has 0 saturated heterocycles. The van der Waals surface area contributed by atoms with E-state index < -0.39 is 0 Å². The molecule has 6 heteroatoms. The highest BCUT2D eigenvalue weighted by Gasteiger charge is 2.22. The Morgan fingerprint density at radius 3 is 2.19 bits per heavy atom. The van der Waals surface area contributed by atoms with Crippen molar-refractivity contribution in [3.05, 3.63) is 38.9 Å². The molecule has 27 heavy (non-hydrogen) atoms. The van der Waals surface area contributed by atoms with Crippen LogP contribution in [0, 0.1) is 18.8 Å². The molecule has 0 radical (unpaired) electrons. The molecule has 0 aliphatic rings. The summed E-state index contributed by atoms with van der Waals surface area (Å²) in [4.78, 5) is 13.8. The van der Waals surface area contributed by atoms with Crippen LogP contribution in [0.25, 0.3) is 21.3 Å². The fourth-order valence-electron chi connectivity index (χ4n) is 3.39. The molecule has 0 unspecified atom stereocenters. The smallest absolute Gasteiger partial charge is 0.225 e. The van der Waals surface area contributed by atoms with Gasteiger partial charge < -0.3 is 4.90 Å². The SMILES string of the molecule is Cc1sc2nc(Cl)nc(N(CC(C)C)CC(C)C)c2c1-c1ccc(Br)cc1. The fourth-order valence-corrected chi connectivity index (χ4v) is 4.91. The van der Waals surface area contributed by atoms with E-state index in [1.165, 1.54) is 16.0 Å². The predicted octanol–water partition coefficient (Wildman–Crippen LogP) is 7.20. The van der Waals surface area contributed by atoms with Gasteiger partial charge in [-0.2, -0.15) is 4.98 Å². The summed E-state index contributed by atoms with van der Waals surface area (Å²) in [5, 5.41) is 1.43. The zero-order chi connectivity index (χ0) is 19.7. The lowest BCUT2D eigenvalue weighted by Gasteiger charge is -2.28. The van der Waals surface area contributed by atoms with Gasteiger partial charge in [0.05, 0.1) is 5.39 Å². The molecule has 2 heterocycles. The number of aromatic nitrogens is 2. The highest BCUT2D eigenvalue weighted by Crippen LogP contribution is 2.42. The number of anilines is 1. The molecule has 0 aliphatic carbocycles. The Hall–Kier alpha value is -1.17. The molecule has 0 amide bonds. The van der Waals surface area contributed by atoms with Crippen LogP contribution >= 0.6 is 38.9 Å². The third-order valence-corrected chi connectivity index (χ3v) is 5.98. The second kappa shape index (κ2) is 8.46. The van der Waals surface area contributed by atoms with E-state index in [9.17, 15) is 0 Å². The average Bonchev–Trinajstić information content (AvgIpc) is 2.89. The number of benzene rings is 1. The molecule has 1 aromatic carbocycles. The van der Waals surface area contributed by atoms with Gasteiger partial charge in [-0.15, -0.1) is 11.3 Å². The minimum Gasteiger partial charge on any atom is -0.355 e. The number of aryl methyl sites for hydroxylation is 1. The Morgan fingerprint density at radius 2 is 1.63 bits per heavy atom. The third kappa shape index (κ3) is 4.64. The summed E-state index contributed by atoms with van der Waals surface area (Å²) in [6.45, 7) is 13.0. The lowest BCUT2D eigenvalue weighted by molar-refractivity contribution is 0.550. The summed E-state index contributed by atoms with van der Waals surface area (Å²) in [5.41, 5.74) is 2.40. The predicted molar refractivity (Wildman–Crippen MR) is 122 cm³/mol. The number of rotatable bonds is 6. The van der Waals surface area contributed by atoms with Crippen LogP contribution in [0.1, 0.15) is 32.6 Å². The summed E-state index contributed by atoms with van der Waals surface area (Å²) < 4.78 is 1.07. The Balaban J connectivity index is 2.26. The first-order valence-electron chi connectivity index (χ1n) is 9.23. The van der Waals surface area contributed by atoms with Crippen LogP contribution in [0.15, 0.2) is 28.7 Å². The first-order chi connectivity index (χ1) is 12.8. The number of fused-ring (bicyclic) bond motifs is 1. The minimum absolute atomic E-state index is 0.318. The Kier molecular flexibility index (Phi) is 6.44. The summed E-state index contributed by atoms with van der Waals surface area (Å²) in [6.07, 6.45) is 0. The van der Waals surface area contributed by atoms with Gasteiger partial charge in [-0.25, -0.2) is 4.98 Å². The van der Waals surface area contributed by atoms with E-state index in [2.05, 4.69) is 84.7 Å². The van der Waals surface area contributed by atoms with Crippen molar-refractivity contribution in [1.82, 2.24) is 9.97 Å². The van der Waals surface area contributed by atoms with E-state index in [1.807, 2.05) is 0 Å². The van der Waals surface area contributed by atoms with Crippen molar-refractivity contribution >= 4 is 54.9 Å². The third-order valence-electron chi connectivity index (χ3n) is 4.28. The number of halogens is 2. The Morgan fingerprint density at radius 1 is 1.04 bits per heavy atom. The molecular weight excluding hydrogens is 442 g/mol. The summed E-state index contributed by atoms with van der Waals surface area (Å²) in [6, 6.07) is 8.45. The maximum Gasteiger partial charge on any atom is 0.225 e. The largest absolute Gasteiger partial charge is 0.355 e. The van der Waals surface area contributed by atoms with E-state index in [4.69, 9.17) is 16.6 Å². The second-order valence-corrected chi connectivity index (χ2v) is 10.2. The minimum atomic E-state index is 0.318. The second-order valence-electron chi connectivity index (χ2n) is 7.73. The van der Waals surface area contributed by atoms with Crippen LogP contribution < -0.4 is 4.90 Å². The fraction of sp³-hybridized carbons (Fsp3) is 0.429. The molecule has 144 valence electrons. The van der Waals surface area contributed by atoms with E-state index in [1.54, 1.807) is 11.3 Å². The van der Waals surface area contributed by atoms with Crippen molar-refractivity contribution in [3.63, 3.8) is 0 Å². The van der Waals surface area contributed by atoms with Crippen LogP contribution in [0.2, 0.25) is 5.28 Å². The van der Waals surface area contributed by atoms with E-state index in [0.717, 1.165) is 33.6 Å². The molecule has 3 aromatic rings. The molecule has 3 nitrogen and oxygen atoms in total. The van der Waals surface area contributed by atoms with Crippen molar-refractivity contribution in [2.45, 2.75) is 34.6 Å². The van der Waals surface area contributed by atoms with Gasteiger partial charge in [0.25, 0.3) is 0 Å². The standard InChI is InChI=1S/C21H25BrClN3S/c1-12(2)10-26(11-13(3)4)19-18-17(15-6-8-16(22)9-7-15)14(5)27-20(18)25-21(23)24-19/h6-9,12-13H,10-11H2,1-5H3. The van der Waals surface area contributed by atoms with Crippen molar-refractivity contribution in [3.8, 4) is 11.1 Å². The van der Waals surface area contributed by atoms with Crippen LogP contribution in [0.5, 0.6) is 0 Å². The normalized spacial score (nSPS) is 11.7. The van der Waals surface area contributed by atoms with Gasteiger partial charge in [0.15, 0.2) is 0 Å². The number of nitrogens with zero attached hydrogens (tertiary/aromatic N) is 3. The summed E-state index contributed by atoms with van der Waals surface area (Å²) in [7, 11) is 0. The van der Waals surface area contributed by atoms with Crippen LogP contribution in [-0.4, -0.2) is 23.1 Å². The highest BCUT2D eigenvalue weighted by atomic mass is 79.9. The van der Waals surface area contributed by atoms with Crippen LogP contribution in [0.4, 0.5) is 5.82 Å². The molecule has 0 spiro atoms. The molecule has 0 saturated carbocycles. The van der Waals surface area contributed by atoms with Gasteiger partial charge in [0, 0.05) is 28.0 Å². The quantitative estimate of drug-likeness (QED) is 0.360. The van der Waals surface area contributed by atoms with E-state index in [-0.39, 0.29) is 0 Å². The number of hydrogen-bond acceptors (Lipinski definition) is 4. The average molecular weight is 467 g/mol. The monoisotopic (exact) mass is 465 g/mol. The van der Waals surface area contributed by atoms with Gasteiger partial charge in [0.1, 0.15) is 10.6 Å². The Bertz CT molecular complexity index is 925. The van der Waals surface area contributed by atoms with E-state index in [0.29, 0.717) is 17.1 Å². The van der Waals surface area contributed by atoms with Gasteiger partial charge in [-0.3, -0.25) is 0 Å². The first-order valence-corrected chi connectivity index (χ1v) is 11.2. The van der Waals surface area contributed by atoms with Gasteiger partial charge >= 0.3 is 0 Å². The summed E-state index contributed by atoms with van der Waals surface area (Å²) in [5.74, 6) is 2.02. The maximum atomic E-state index is 6.32. The number of hydrogen-bond donors (Lipinski definition) is 0. The van der Waals surface area contributed by atoms with Crippen LogP contribution in [-0.2, 0) is 0 Å². The highest BCUT2D eigenvalue weighted by molar-refractivity contribution is 9.10. The van der Waals surface area contributed by atoms with Crippen molar-refractivity contribution in [2.75, 3.05) is 18.0 Å². The first kappa shape index (κ1) is 20.6. The van der Waals surface area contributed by atoms with Crippen molar-refractivity contribution in [2.24, 2.45) is 11.8 Å². The van der Waals surface area contributed by atoms with E-state index >= 15 is 0 Å². The molecule has 0 bridgehead atoms. The topological polar surface area (TPSA) is 29.0 Å². The molecule has 0 fully saturated rings. The zero-order valence-electron chi connectivity index (χ0n) is 16.4. The summed E-state index contributed by atoms with van der Waals surface area (Å²) >= 11 is 11.5. The Labute approximate surface area is 178 Å². The lowest BCUT2D eigenvalue weighted by Crippen LogP contribution is -2.32. The van der Waals surface area contributed by atoms with Gasteiger partial charge in [-0.1, -0.05) is 55.8 Å². The van der Waals surface area contributed by atoms with Gasteiger partial charge in [0.2, 0.25) is 5.28 Å². The molecule has 3 rings (SSSR count). The molecule has 0 N–H and O–H groups in total. The molecule has 0 aliphatic heterocycles. The molecule has 0 atom stereocenters. The zero-order valence-corrected chi connectivity index (χ0v) is 19.5. The van der Waals surface area contributed by atoms with Crippen molar-refractivity contribution < 1.29 is 0 Å². The molecular formula is C21H25BrClN3S. The van der Waals surface area contributed by atoms with Gasteiger partial charge in [-0.05, 0) is 48.1 Å². The maximum absolute atomic E-state index is 6.32. The van der Waals surface area contributed by atoms with Crippen molar-refractivity contribution in [1.29, 1.82) is 0 Å². The number of thiophene rings is 1. The molecule has 2 aromatic heterocycles.